The number of nitrogens with two attached hydrogens (primary N) is 1. The van der Waals surface area contributed by atoms with Crippen LogP contribution in [0.2, 0.25) is 0 Å². The van der Waals surface area contributed by atoms with Gasteiger partial charge in [0.2, 0.25) is 0 Å². The minimum Gasteiger partial charge on any atom is -0.384 e. The van der Waals surface area contributed by atoms with Crippen molar-refractivity contribution in [3.8, 4) is 5.69 Å². The van der Waals surface area contributed by atoms with Crippen LogP contribution in [0, 0.1) is 6.92 Å². The van der Waals surface area contributed by atoms with Gasteiger partial charge < -0.3 is 10.5 Å². The van der Waals surface area contributed by atoms with Crippen LogP contribution in [0.1, 0.15) is 31.0 Å². The zero-order valence-electron chi connectivity index (χ0n) is 12.1. The number of aryl methyl sites for hydroxylation is 1. The zero-order chi connectivity index (χ0) is 14.2. The maximum absolute atomic E-state index is 6.15. The first-order chi connectivity index (χ1) is 9.58. The Kier molecular flexibility index (Phi) is 3.26. The number of nitrogen functional groups attached to an aromatic ring is 1. The average molecular weight is 271 g/mol. The fraction of sp³-hybridized carbons (Fsp3) is 0.438. The van der Waals surface area contributed by atoms with E-state index in [0.717, 1.165) is 37.4 Å². The van der Waals surface area contributed by atoms with Crippen molar-refractivity contribution < 1.29 is 4.74 Å². The molecule has 0 amide bonds. The molecule has 2 N–H and O–H groups in total. The number of benzene rings is 1. The molecule has 0 unspecified atom stereocenters. The number of hydrogen-bond acceptors (Lipinski definition) is 3. The zero-order valence-corrected chi connectivity index (χ0v) is 12.1. The van der Waals surface area contributed by atoms with Crippen LogP contribution in [-0.4, -0.2) is 23.0 Å². The highest BCUT2D eigenvalue weighted by molar-refractivity contribution is 5.45. The van der Waals surface area contributed by atoms with Crippen LogP contribution in [-0.2, 0) is 10.2 Å². The van der Waals surface area contributed by atoms with E-state index in [-0.39, 0.29) is 5.41 Å². The van der Waals surface area contributed by atoms with E-state index in [9.17, 15) is 0 Å². The van der Waals surface area contributed by atoms with Crippen LogP contribution in [0.25, 0.3) is 5.69 Å². The second kappa shape index (κ2) is 4.94. The lowest BCUT2D eigenvalue weighted by Crippen LogP contribution is -2.31. The van der Waals surface area contributed by atoms with E-state index in [2.05, 4.69) is 38.1 Å². The number of rotatable bonds is 2. The number of hydrogen-bond donors (Lipinski definition) is 1. The van der Waals surface area contributed by atoms with E-state index in [4.69, 9.17) is 15.6 Å². The van der Waals surface area contributed by atoms with Crippen LogP contribution in [0.5, 0.6) is 0 Å². The fourth-order valence-corrected chi connectivity index (χ4v) is 2.66. The predicted octanol–water partition coefficient (Wildman–Crippen LogP) is 2.83. The van der Waals surface area contributed by atoms with Gasteiger partial charge in [-0.1, -0.05) is 24.6 Å². The molecule has 4 heteroatoms. The molecule has 1 aliphatic rings. The van der Waals surface area contributed by atoms with Crippen LogP contribution >= 0.6 is 0 Å². The van der Waals surface area contributed by atoms with E-state index < -0.39 is 0 Å². The van der Waals surface area contributed by atoms with Crippen molar-refractivity contribution in [1.29, 1.82) is 0 Å². The molecule has 3 rings (SSSR count). The maximum atomic E-state index is 6.15. The molecule has 0 atom stereocenters. The summed E-state index contributed by atoms with van der Waals surface area (Å²) in [6, 6.07) is 10.3. The van der Waals surface area contributed by atoms with Gasteiger partial charge in [0.05, 0.1) is 11.4 Å². The van der Waals surface area contributed by atoms with Gasteiger partial charge in [-0.05, 0) is 31.9 Å². The highest BCUT2D eigenvalue weighted by Crippen LogP contribution is 2.34. The lowest BCUT2D eigenvalue weighted by molar-refractivity contribution is 0.0549. The Morgan fingerprint density at radius 2 is 1.85 bits per heavy atom. The first-order valence-electron chi connectivity index (χ1n) is 7.09. The normalized spacial score (nSPS) is 18.1. The summed E-state index contributed by atoms with van der Waals surface area (Å²) in [6.45, 7) is 5.92. The van der Waals surface area contributed by atoms with Gasteiger partial charge in [-0.2, -0.15) is 5.10 Å². The molecule has 0 radical (unpaired) electrons. The molecule has 1 aromatic carbocycles. The smallest absolute Gasteiger partial charge is 0.127 e. The monoisotopic (exact) mass is 271 g/mol. The third kappa shape index (κ3) is 2.31. The van der Waals surface area contributed by atoms with E-state index in [0.29, 0.717) is 5.82 Å². The third-order valence-electron chi connectivity index (χ3n) is 4.23. The van der Waals surface area contributed by atoms with Crippen LogP contribution in [0.3, 0.4) is 0 Å². The average Bonchev–Trinajstić information content (AvgIpc) is 2.83. The van der Waals surface area contributed by atoms with Gasteiger partial charge in [0.25, 0.3) is 0 Å². The quantitative estimate of drug-likeness (QED) is 0.913. The molecular weight excluding hydrogens is 250 g/mol. The minimum absolute atomic E-state index is 0.0717. The summed E-state index contributed by atoms with van der Waals surface area (Å²) < 4.78 is 7.28. The van der Waals surface area contributed by atoms with Gasteiger partial charge >= 0.3 is 0 Å². The lowest BCUT2D eigenvalue weighted by atomic mass is 9.79. The largest absolute Gasteiger partial charge is 0.384 e. The molecule has 2 aromatic rings. The molecule has 1 aromatic heterocycles. The van der Waals surface area contributed by atoms with E-state index in [1.54, 1.807) is 0 Å². The molecule has 1 saturated heterocycles. The SMILES string of the molecule is Cc1ccc(-n2nc(C3(C)CCOCC3)cc2N)cc1. The van der Waals surface area contributed by atoms with Crippen LogP contribution < -0.4 is 5.73 Å². The van der Waals surface area contributed by atoms with Crippen LogP contribution in [0.4, 0.5) is 5.82 Å². The topological polar surface area (TPSA) is 53.1 Å². The summed E-state index contributed by atoms with van der Waals surface area (Å²) in [4.78, 5) is 0. The first-order valence-corrected chi connectivity index (χ1v) is 7.09. The second-order valence-corrected chi connectivity index (χ2v) is 5.87. The highest BCUT2D eigenvalue weighted by atomic mass is 16.5. The van der Waals surface area contributed by atoms with Gasteiger partial charge in [-0.3, -0.25) is 0 Å². The molecule has 2 heterocycles. The summed E-state index contributed by atoms with van der Waals surface area (Å²) in [5.41, 5.74) is 9.53. The van der Waals surface area contributed by atoms with Crippen molar-refractivity contribution in [3.05, 3.63) is 41.6 Å². The molecule has 4 nitrogen and oxygen atoms in total. The summed E-state index contributed by atoms with van der Waals surface area (Å²) in [7, 11) is 0. The fourth-order valence-electron chi connectivity index (χ4n) is 2.66. The molecule has 20 heavy (non-hydrogen) atoms. The number of ether oxygens (including phenoxy) is 1. The molecule has 1 fully saturated rings. The van der Waals surface area contributed by atoms with Gasteiger partial charge in [0.1, 0.15) is 5.82 Å². The summed E-state index contributed by atoms with van der Waals surface area (Å²) in [5, 5.41) is 4.74. The number of nitrogens with zero attached hydrogens (tertiary/aromatic N) is 2. The van der Waals surface area contributed by atoms with Crippen LogP contribution in [0.15, 0.2) is 30.3 Å². The minimum atomic E-state index is 0.0717. The molecule has 0 aliphatic carbocycles. The standard InChI is InChI=1S/C16H21N3O/c1-12-3-5-13(6-4-12)19-15(17)11-14(18-19)16(2)7-9-20-10-8-16/h3-6,11H,7-10,17H2,1-2H3. The molecule has 0 spiro atoms. The van der Waals surface area contributed by atoms with E-state index >= 15 is 0 Å². The molecule has 0 saturated carbocycles. The lowest BCUT2D eigenvalue weighted by Gasteiger charge is -2.31. The Hall–Kier alpha value is -1.81. The van der Waals surface area contributed by atoms with E-state index in [1.165, 1.54) is 5.56 Å². The van der Waals surface area contributed by atoms with E-state index in [1.807, 2.05) is 10.7 Å². The Morgan fingerprint density at radius 3 is 2.50 bits per heavy atom. The van der Waals surface area contributed by atoms with Gasteiger partial charge in [0.15, 0.2) is 0 Å². The predicted molar refractivity (Wildman–Crippen MR) is 80.1 cm³/mol. The van der Waals surface area contributed by atoms with Crippen molar-refractivity contribution in [2.45, 2.75) is 32.1 Å². The highest BCUT2D eigenvalue weighted by Gasteiger charge is 2.32. The Morgan fingerprint density at radius 1 is 1.20 bits per heavy atom. The third-order valence-corrected chi connectivity index (χ3v) is 4.23. The molecular formula is C16H21N3O. The van der Waals surface area contributed by atoms with Gasteiger partial charge in [-0.25, -0.2) is 4.68 Å². The van der Waals surface area contributed by atoms with Crippen molar-refractivity contribution in [2.24, 2.45) is 0 Å². The number of aromatic nitrogens is 2. The van der Waals surface area contributed by atoms with Gasteiger partial charge in [-0.15, -0.1) is 0 Å². The maximum Gasteiger partial charge on any atom is 0.127 e. The Labute approximate surface area is 119 Å². The summed E-state index contributed by atoms with van der Waals surface area (Å²) in [5.74, 6) is 0.691. The Bertz CT molecular complexity index is 595. The molecule has 0 bridgehead atoms. The second-order valence-electron chi connectivity index (χ2n) is 5.87. The van der Waals surface area contributed by atoms with Gasteiger partial charge in [0, 0.05) is 24.7 Å². The molecule has 1 aliphatic heterocycles. The first kappa shape index (κ1) is 13.2. The summed E-state index contributed by atoms with van der Waals surface area (Å²) >= 11 is 0. The van der Waals surface area contributed by atoms with Crippen molar-refractivity contribution in [1.82, 2.24) is 9.78 Å². The van der Waals surface area contributed by atoms with Crippen molar-refractivity contribution >= 4 is 5.82 Å². The Balaban J connectivity index is 1.96. The van der Waals surface area contributed by atoms with Crippen molar-refractivity contribution in [3.63, 3.8) is 0 Å². The summed E-state index contributed by atoms with van der Waals surface area (Å²) in [6.07, 6.45) is 1.99. The number of anilines is 1. The molecule has 106 valence electrons. The van der Waals surface area contributed by atoms with Crippen molar-refractivity contribution in [2.75, 3.05) is 18.9 Å².